The highest BCUT2D eigenvalue weighted by molar-refractivity contribution is 5.69. The zero-order valence-corrected chi connectivity index (χ0v) is 14.2. The maximum absolute atomic E-state index is 12.0. The van der Waals surface area contributed by atoms with E-state index in [0.29, 0.717) is 0 Å². The van der Waals surface area contributed by atoms with Gasteiger partial charge < -0.3 is 15.4 Å². The van der Waals surface area contributed by atoms with Crippen LogP contribution in [0, 0.1) is 6.92 Å². The van der Waals surface area contributed by atoms with E-state index in [-0.39, 0.29) is 11.6 Å². The van der Waals surface area contributed by atoms with Crippen molar-refractivity contribution < 1.29 is 9.53 Å². The van der Waals surface area contributed by atoms with E-state index in [1.54, 1.807) is 0 Å². The molecular formula is C18H28N2O2. The van der Waals surface area contributed by atoms with Gasteiger partial charge in [-0.15, -0.1) is 0 Å². The number of rotatable bonds is 5. The maximum Gasteiger partial charge on any atom is 0.408 e. The zero-order chi connectivity index (χ0) is 16.2. The quantitative estimate of drug-likeness (QED) is 0.875. The Hall–Kier alpha value is -1.55. The summed E-state index contributed by atoms with van der Waals surface area (Å²) in [5, 5.41) is 6.53. The first-order valence-electron chi connectivity index (χ1n) is 8.06. The number of carbonyl (C=O) groups excluding carboxylic acids is 1. The molecule has 4 nitrogen and oxygen atoms in total. The Morgan fingerprint density at radius 2 is 2.05 bits per heavy atom. The van der Waals surface area contributed by atoms with Crippen molar-refractivity contribution in [2.45, 2.75) is 64.6 Å². The second kappa shape index (κ2) is 6.69. The largest absolute Gasteiger partial charge is 0.444 e. The van der Waals surface area contributed by atoms with Gasteiger partial charge in [0.25, 0.3) is 0 Å². The average molecular weight is 304 g/mol. The molecule has 0 atom stereocenters. The molecule has 0 heterocycles. The molecule has 122 valence electrons. The number of aryl methyl sites for hydroxylation is 1. The molecule has 0 spiro atoms. The predicted molar refractivity (Wildman–Crippen MR) is 88.8 cm³/mol. The molecule has 1 fully saturated rings. The van der Waals surface area contributed by atoms with Crippen molar-refractivity contribution in [3.05, 3.63) is 35.4 Å². The third kappa shape index (κ3) is 5.02. The Morgan fingerprint density at radius 3 is 2.59 bits per heavy atom. The molecule has 0 saturated heterocycles. The Kier molecular flexibility index (Phi) is 5.12. The zero-order valence-electron chi connectivity index (χ0n) is 14.2. The molecule has 2 rings (SSSR count). The van der Waals surface area contributed by atoms with Crippen molar-refractivity contribution in [2.75, 3.05) is 6.54 Å². The summed E-state index contributed by atoms with van der Waals surface area (Å²) in [6, 6.07) is 8.47. The molecule has 0 aromatic heterocycles. The van der Waals surface area contributed by atoms with Gasteiger partial charge in [0.05, 0.1) is 5.54 Å². The number of carbonyl (C=O) groups is 1. The van der Waals surface area contributed by atoms with Crippen molar-refractivity contribution >= 4 is 6.09 Å². The summed E-state index contributed by atoms with van der Waals surface area (Å²) in [5.74, 6) is 0. The van der Waals surface area contributed by atoms with Crippen LogP contribution in [-0.2, 0) is 11.3 Å². The van der Waals surface area contributed by atoms with Crippen LogP contribution in [0.3, 0.4) is 0 Å². The van der Waals surface area contributed by atoms with E-state index in [0.717, 1.165) is 32.4 Å². The van der Waals surface area contributed by atoms with E-state index in [1.807, 2.05) is 20.8 Å². The minimum Gasteiger partial charge on any atom is -0.444 e. The molecule has 22 heavy (non-hydrogen) atoms. The van der Waals surface area contributed by atoms with Crippen LogP contribution in [-0.4, -0.2) is 23.8 Å². The average Bonchev–Trinajstić information content (AvgIpc) is 2.33. The molecule has 1 aliphatic rings. The third-order valence-corrected chi connectivity index (χ3v) is 3.95. The highest BCUT2D eigenvalue weighted by atomic mass is 16.6. The fourth-order valence-electron chi connectivity index (χ4n) is 2.74. The first kappa shape index (κ1) is 16.8. The van der Waals surface area contributed by atoms with Crippen LogP contribution >= 0.6 is 0 Å². The molecule has 1 aromatic rings. The van der Waals surface area contributed by atoms with E-state index in [4.69, 9.17) is 4.74 Å². The lowest BCUT2D eigenvalue weighted by Crippen LogP contribution is -2.59. The lowest BCUT2D eigenvalue weighted by molar-refractivity contribution is 0.0382. The first-order valence-corrected chi connectivity index (χ1v) is 8.06. The Labute approximate surface area is 133 Å². The number of alkyl carbamates (subject to hydrolysis) is 1. The van der Waals surface area contributed by atoms with Crippen LogP contribution in [0.1, 0.15) is 51.2 Å². The maximum atomic E-state index is 12.0. The van der Waals surface area contributed by atoms with Crippen LogP contribution in [0.15, 0.2) is 24.3 Å². The Morgan fingerprint density at radius 1 is 1.32 bits per heavy atom. The fraction of sp³-hybridized carbons (Fsp3) is 0.611. The van der Waals surface area contributed by atoms with Crippen LogP contribution in [0.4, 0.5) is 4.79 Å². The number of hydrogen-bond acceptors (Lipinski definition) is 3. The molecule has 1 saturated carbocycles. The smallest absolute Gasteiger partial charge is 0.408 e. The highest BCUT2D eigenvalue weighted by Crippen LogP contribution is 2.31. The van der Waals surface area contributed by atoms with Crippen molar-refractivity contribution in [1.82, 2.24) is 10.6 Å². The van der Waals surface area contributed by atoms with Crippen LogP contribution in [0.5, 0.6) is 0 Å². The van der Waals surface area contributed by atoms with Gasteiger partial charge in [-0.3, -0.25) is 0 Å². The summed E-state index contributed by atoms with van der Waals surface area (Å²) in [5.41, 5.74) is 1.94. The molecular weight excluding hydrogens is 276 g/mol. The molecule has 1 aromatic carbocycles. The Bertz CT molecular complexity index is 516. The summed E-state index contributed by atoms with van der Waals surface area (Å²) in [7, 11) is 0. The van der Waals surface area contributed by atoms with E-state index in [9.17, 15) is 4.79 Å². The topological polar surface area (TPSA) is 50.4 Å². The van der Waals surface area contributed by atoms with Crippen molar-refractivity contribution in [1.29, 1.82) is 0 Å². The van der Waals surface area contributed by atoms with Gasteiger partial charge in [-0.05, 0) is 52.5 Å². The van der Waals surface area contributed by atoms with Gasteiger partial charge in [-0.25, -0.2) is 4.79 Å². The monoisotopic (exact) mass is 304 g/mol. The van der Waals surface area contributed by atoms with E-state index < -0.39 is 5.60 Å². The van der Waals surface area contributed by atoms with Gasteiger partial charge >= 0.3 is 6.09 Å². The number of nitrogens with one attached hydrogen (secondary N) is 2. The van der Waals surface area contributed by atoms with E-state index >= 15 is 0 Å². The minimum atomic E-state index is -0.454. The summed E-state index contributed by atoms with van der Waals surface area (Å²) >= 11 is 0. The summed E-state index contributed by atoms with van der Waals surface area (Å²) in [6.45, 7) is 9.35. The second-order valence-corrected chi connectivity index (χ2v) is 7.35. The fourth-order valence-corrected chi connectivity index (χ4v) is 2.74. The minimum absolute atomic E-state index is 0.147. The number of benzene rings is 1. The lowest BCUT2D eigenvalue weighted by atomic mass is 9.76. The number of amides is 1. The van der Waals surface area contributed by atoms with E-state index in [2.05, 4.69) is 41.8 Å². The standard InChI is InChI=1S/C18H28N2O2/c1-14-7-5-8-15(11-14)12-19-13-18(9-6-10-18)20-16(21)22-17(2,3)4/h5,7-8,11,19H,6,9-10,12-13H2,1-4H3,(H,20,21). The second-order valence-electron chi connectivity index (χ2n) is 7.35. The number of ether oxygens (including phenoxy) is 1. The SMILES string of the molecule is Cc1cccc(CNCC2(NC(=O)OC(C)(C)C)CCC2)c1. The van der Waals surface area contributed by atoms with Gasteiger partial charge in [-0.2, -0.15) is 0 Å². The molecule has 1 aliphatic carbocycles. The van der Waals surface area contributed by atoms with Crippen molar-refractivity contribution in [2.24, 2.45) is 0 Å². The summed E-state index contributed by atoms with van der Waals surface area (Å²) in [6.07, 6.45) is 2.85. The van der Waals surface area contributed by atoms with Crippen molar-refractivity contribution in [3.63, 3.8) is 0 Å². The molecule has 0 bridgehead atoms. The van der Waals surface area contributed by atoms with Crippen LogP contribution < -0.4 is 10.6 Å². The van der Waals surface area contributed by atoms with Crippen molar-refractivity contribution in [3.8, 4) is 0 Å². The van der Waals surface area contributed by atoms with Gasteiger partial charge in [-0.1, -0.05) is 29.8 Å². The van der Waals surface area contributed by atoms with Gasteiger partial charge in [0, 0.05) is 13.1 Å². The van der Waals surface area contributed by atoms with Crippen LogP contribution in [0.25, 0.3) is 0 Å². The first-order chi connectivity index (χ1) is 10.3. The lowest BCUT2D eigenvalue weighted by Gasteiger charge is -2.42. The highest BCUT2D eigenvalue weighted by Gasteiger charge is 2.39. The summed E-state index contributed by atoms with van der Waals surface area (Å²) < 4.78 is 5.37. The normalized spacial score (nSPS) is 16.7. The van der Waals surface area contributed by atoms with Crippen LogP contribution in [0.2, 0.25) is 0 Å². The molecule has 1 amide bonds. The summed E-state index contributed by atoms with van der Waals surface area (Å²) in [4.78, 5) is 12.0. The predicted octanol–water partition coefficient (Wildman–Crippen LogP) is 3.53. The Balaban J connectivity index is 1.82. The van der Waals surface area contributed by atoms with Gasteiger partial charge in [0.2, 0.25) is 0 Å². The molecule has 4 heteroatoms. The third-order valence-electron chi connectivity index (χ3n) is 3.95. The molecule has 0 radical (unpaired) electrons. The van der Waals surface area contributed by atoms with Gasteiger partial charge in [0.15, 0.2) is 0 Å². The number of hydrogen-bond donors (Lipinski definition) is 2. The molecule has 0 aliphatic heterocycles. The van der Waals surface area contributed by atoms with E-state index in [1.165, 1.54) is 11.1 Å². The molecule has 2 N–H and O–H groups in total. The molecule has 0 unspecified atom stereocenters. The van der Waals surface area contributed by atoms with Gasteiger partial charge in [0.1, 0.15) is 5.60 Å².